The van der Waals surface area contributed by atoms with Crippen molar-refractivity contribution in [1.82, 2.24) is 9.97 Å². The zero-order valence-corrected chi connectivity index (χ0v) is 17.2. The van der Waals surface area contributed by atoms with Crippen LogP contribution >= 0.6 is 11.3 Å². The fraction of sp³-hybridized carbons (Fsp3) is 0.238. The molecule has 0 spiro atoms. The number of benzene rings is 1. The second-order valence-corrected chi connectivity index (χ2v) is 6.90. The number of carbonyl (C=O) groups excluding carboxylic acids is 1. The fourth-order valence-corrected chi connectivity index (χ4v) is 3.07. The summed E-state index contributed by atoms with van der Waals surface area (Å²) in [5.41, 5.74) is 0.335. The molecule has 6 nitrogen and oxygen atoms in total. The Hall–Kier alpha value is -3.29. The van der Waals surface area contributed by atoms with Crippen LogP contribution in [0.15, 0.2) is 41.2 Å². The molecule has 0 unspecified atom stereocenters. The second kappa shape index (κ2) is 10.1. The number of aromatic amines is 1. The number of amides is 1. The number of nitrogens with zero attached hydrogens (tertiary/aromatic N) is 1. The zero-order valence-electron chi connectivity index (χ0n) is 16.4. The third-order valence-electron chi connectivity index (χ3n) is 3.91. The molecular weight excluding hydrogens is 431 g/mol. The number of ether oxygens (including phenoxy) is 2. The summed E-state index contributed by atoms with van der Waals surface area (Å²) in [4.78, 5) is 18.3. The molecule has 162 valence electrons. The smallest absolute Gasteiger partial charge is 0.432 e. The monoisotopic (exact) mass is 449 g/mol. The minimum atomic E-state index is -4.54. The third-order valence-corrected chi connectivity index (χ3v) is 4.60. The Labute approximate surface area is 180 Å². The van der Waals surface area contributed by atoms with E-state index >= 15 is 0 Å². The van der Waals surface area contributed by atoms with E-state index < -0.39 is 17.8 Å². The molecule has 3 rings (SSSR count). The summed E-state index contributed by atoms with van der Waals surface area (Å²) in [7, 11) is 0. The van der Waals surface area contributed by atoms with Crippen molar-refractivity contribution in [3.63, 3.8) is 0 Å². The van der Waals surface area contributed by atoms with Gasteiger partial charge in [-0.05, 0) is 36.6 Å². The zero-order chi connectivity index (χ0) is 22.3. The van der Waals surface area contributed by atoms with Gasteiger partial charge in [-0.1, -0.05) is 5.92 Å². The van der Waals surface area contributed by atoms with Crippen molar-refractivity contribution in [2.75, 3.05) is 25.1 Å². The molecule has 0 aliphatic carbocycles. The number of H-pyrrole nitrogens is 1. The molecule has 1 aromatic carbocycles. The molecule has 2 N–H and O–H groups in total. The van der Waals surface area contributed by atoms with Crippen LogP contribution in [0.3, 0.4) is 0 Å². The van der Waals surface area contributed by atoms with Gasteiger partial charge < -0.3 is 19.8 Å². The highest BCUT2D eigenvalue weighted by Crippen LogP contribution is 2.32. The summed E-state index contributed by atoms with van der Waals surface area (Å²) in [6.07, 6.45) is -3.83. The second-order valence-electron chi connectivity index (χ2n) is 6.12. The predicted octanol–water partition coefficient (Wildman–Crippen LogP) is 4.56. The van der Waals surface area contributed by atoms with Crippen LogP contribution in [0.5, 0.6) is 5.75 Å². The van der Waals surface area contributed by atoms with Gasteiger partial charge in [-0.3, -0.25) is 4.79 Å². The molecule has 1 amide bonds. The van der Waals surface area contributed by atoms with Crippen molar-refractivity contribution >= 4 is 22.9 Å². The number of hydrogen-bond acceptors (Lipinski definition) is 5. The topological polar surface area (TPSA) is 76.2 Å². The Morgan fingerprint density at radius 3 is 2.81 bits per heavy atom. The first kappa shape index (κ1) is 22.4. The first-order chi connectivity index (χ1) is 14.9. The predicted molar refractivity (Wildman–Crippen MR) is 111 cm³/mol. The number of thiophene rings is 1. The van der Waals surface area contributed by atoms with Crippen LogP contribution in [-0.2, 0) is 15.7 Å². The molecule has 0 saturated carbocycles. The van der Waals surface area contributed by atoms with E-state index in [2.05, 4.69) is 27.1 Å². The third kappa shape index (κ3) is 6.34. The number of nitrogens with one attached hydrogen (secondary N) is 2. The van der Waals surface area contributed by atoms with Gasteiger partial charge in [0.05, 0.1) is 18.5 Å². The molecule has 2 heterocycles. The van der Waals surface area contributed by atoms with Crippen LogP contribution in [0.2, 0.25) is 0 Å². The molecule has 2 aromatic heterocycles. The van der Waals surface area contributed by atoms with Crippen molar-refractivity contribution < 1.29 is 27.4 Å². The summed E-state index contributed by atoms with van der Waals surface area (Å²) in [6, 6.07) is 6.34. The van der Waals surface area contributed by atoms with E-state index in [9.17, 15) is 18.0 Å². The van der Waals surface area contributed by atoms with E-state index in [0.29, 0.717) is 36.3 Å². The Morgan fingerprint density at radius 2 is 2.13 bits per heavy atom. The average Bonchev–Trinajstić information content (AvgIpc) is 3.42. The normalized spacial score (nSPS) is 11.0. The van der Waals surface area contributed by atoms with Gasteiger partial charge in [0.2, 0.25) is 0 Å². The van der Waals surface area contributed by atoms with Crippen molar-refractivity contribution in [2.45, 2.75) is 13.1 Å². The van der Waals surface area contributed by atoms with Gasteiger partial charge >= 0.3 is 12.1 Å². The standard InChI is InChI=1S/C21H18F3N3O3S/c1-2-29-8-9-30-17-5-4-15(20-25-12-18(27-20)21(22,23)24)11-16(17)26-19(28)6-3-14-7-10-31-13-14/h4-5,7,10-13H,2,8-9H2,1H3,(H,25,27)(H,26,28). The molecule has 10 heteroatoms. The highest BCUT2D eigenvalue weighted by atomic mass is 32.1. The summed E-state index contributed by atoms with van der Waals surface area (Å²) >= 11 is 1.46. The van der Waals surface area contributed by atoms with Crippen molar-refractivity contribution in [1.29, 1.82) is 0 Å². The lowest BCUT2D eigenvalue weighted by Crippen LogP contribution is -2.12. The van der Waals surface area contributed by atoms with E-state index in [1.54, 1.807) is 23.6 Å². The molecular formula is C21H18F3N3O3S. The largest absolute Gasteiger partial charge is 0.489 e. The summed E-state index contributed by atoms with van der Waals surface area (Å²) in [5, 5.41) is 6.27. The molecule has 3 aromatic rings. The summed E-state index contributed by atoms with van der Waals surface area (Å²) in [6.45, 7) is 2.96. The quantitative estimate of drug-likeness (QED) is 0.410. The minimum Gasteiger partial charge on any atom is -0.489 e. The number of aromatic nitrogens is 2. The van der Waals surface area contributed by atoms with Gasteiger partial charge in [-0.2, -0.15) is 24.5 Å². The molecule has 0 atom stereocenters. The van der Waals surface area contributed by atoms with Crippen molar-refractivity contribution in [3.05, 3.63) is 52.5 Å². The van der Waals surface area contributed by atoms with Crippen LogP contribution in [0.4, 0.5) is 18.9 Å². The Bertz CT molecular complexity index is 1080. The first-order valence-electron chi connectivity index (χ1n) is 9.19. The SMILES string of the molecule is CCOCCOc1ccc(-c2ncc(C(F)(F)F)[nH]2)cc1NC(=O)C#Cc1ccsc1. The fourth-order valence-electron chi connectivity index (χ4n) is 2.49. The van der Waals surface area contributed by atoms with Gasteiger partial charge in [-0.25, -0.2) is 4.98 Å². The number of carbonyl (C=O) groups is 1. The highest BCUT2D eigenvalue weighted by molar-refractivity contribution is 7.08. The average molecular weight is 449 g/mol. The number of imidazole rings is 1. The van der Waals surface area contributed by atoms with Crippen molar-refractivity contribution in [3.8, 4) is 29.0 Å². The van der Waals surface area contributed by atoms with E-state index in [4.69, 9.17) is 9.47 Å². The molecule has 0 fully saturated rings. The Balaban J connectivity index is 1.84. The van der Waals surface area contributed by atoms with Crippen molar-refractivity contribution in [2.24, 2.45) is 0 Å². The van der Waals surface area contributed by atoms with E-state index in [1.807, 2.05) is 12.3 Å². The molecule has 31 heavy (non-hydrogen) atoms. The maximum Gasteiger partial charge on any atom is 0.432 e. The van der Waals surface area contributed by atoms with Gasteiger partial charge in [0.25, 0.3) is 0 Å². The maximum atomic E-state index is 12.9. The number of halogens is 3. The van der Waals surface area contributed by atoms with Gasteiger partial charge in [0, 0.05) is 29.0 Å². The van der Waals surface area contributed by atoms with Gasteiger partial charge in [0.1, 0.15) is 23.9 Å². The van der Waals surface area contributed by atoms with E-state index in [1.165, 1.54) is 17.4 Å². The molecule has 0 bridgehead atoms. The van der Waals surface area contributed by atoms with Crippen LogP contribution in [-0.4, -0.2) is 35.7 Å². The number of anilines is 1. The van der Waals surface area contributed by atoms with E-state index in [-0.39, 0.29) is 18.1 Å². The lowest BCUT2D eigenvalue weighted by Gasteiger charge is -2.13. The number of alkyl halides is 3. The van der Waals surface area contributed by atoms with Crippen LogP contribution < -0.4 is 10.1 Å². The van der Waals surface area contributed by atoms with Crippen LogP contribution in [0.1, 0.15) is 18.2 Å². The maximum absolute atomic E-state index is 12.9. The highest BCUT2D eigenvalue weighted by Gasteiger charge is 2.33. The lowest BCUT2D eigenvalue weighted by molar-refractivity contribution is -0.140. The van der Waals surface area contributed by atoms with Crippen LogP contribution in [0, 0.1) is 11.8 Å². The minimum absolute atomic E-state index is 0.00745. The summed E-state index contributed by atoms with van der Waals surface area (Å²) < 4.78 is 49.5. The molecule has 0 aliphatic rings. The van der Waals surface area contributed by atoms with Crippen LogP contribution in [0.25, 0.3) is 11.4 Å². The Kier molecular flexibility index (Phi) is 7.33. The first-order valence-corrected chi connectivity index (χ1v) is 10.1. The lowest BCUT2D eigenvalue weighted by atomic mass is 10.1. The van der Waals surface area contributed by atoms with Gasteiger partial charge in [-0.15, -0.1) is 0 Å². The molecule has 0 radical (unpaired) electrons. The number of rotatable bonds is 7. The van der Waals surface area contributed by atoms with E-state index in [0.717, 1.165) is 0 Å². The molecule has 0 saturated heterocycles. The van der Waals surface area contributed by atoms with Gasteiger partial charge in [0.15, 0.2) is 0 Å². The Morgan fingerprint density at radius 1 is 1.29 bits per heavy atom. The summed E-state index contributed by atoms with van der Waals surface area (Å²) in [5.74, 6) is 4.96. The number of hydrogen-bond donors (Lipinski definition) is 2. The molecule has 0 aliphatic heterocycles.